The molecule has 8 heteroatoms. The topological polar surface area (TPSA) is 43.6 Å². The first-order chi connectivity index (χ1) is 7.96. The molecule has 0 saturated heterocycles. The van der Waals surface area contributed by atoms with Crippen molar-refractivity contribution in [1.82, 2.24) is 20.2 Å². The van der Waals surface area contributed by atoms with Crippen molar-refractivity contribution < 1.29 is 13.2 Å². The molecule has 0 fully saturated rings. The van der Waals surface area contributed by atoms with E-state index < -0.39 is 12.6 Å². The molecule has 2 aromatic rings. The maximum absolute atomic E-state index is 12.3. The maximum Gasteiger partial charge on any atom is 0.396 e. The Morgan fingerprint density at radius 1 is 1.18 bits per heavy atom. The summed E-state index contributed by atoms with van der Waals surface area (Å²) in [6, 6.07) is 6.66. The molecule has 1 aromatic heterocycles. The van der Waals surface area contributed by atoms with Crippen molar-refractivity contribution in [3.8, 4) is 5.69 Å². The van der Waals surface area contributed by atoms with Gasteiger partial charge in [-0.05, 0) is 34.7 Å². The minimum Gasteiger partial charge on any atom is -0.197 e. The van der Waals surface area contributed by atoms with Gasteiger partial charge in [-0.25, -0.2) is 0 Å². The molecule has 0 radical (unpaired) electrons. The Morgan fingerprint density at radius 3 is 2.41 bits per heavy atom. The summed E-state index contributed by atoms with van der Waals surface area (Å²) < 4.78 is 38.7. The SMILES string of the molecule is FC(F)(F)Cc1nnnn1-c1ccc(Br)cc1. The molecule has 4 nitrogen and oxygen atoms in total. The van der Waals surface area contributed by atoms with Crippen LogP contribution in [0.5, 0.6) is 0 Å². The van der Waals surface area contributed by atoms with Crippen molar-refractivity contribution in [2.45, 2.75) is 12.6 Å². The Balaban J connectivity index is 2.33. The predicted octanol–water partition coefficient (Wildman–Crippen LogP) is 2.53. The van der Waals surface area contributed by atoms with E-state index in [-0.39, 0.29) is 5.82 Å². The molecule has 0 unspecified atom stereocenters. The average Bonchev–Trinajstić information content (AvgIpc) is 2.64. The first-order valence-corrected chi connectivity index (χ1v) is 5.35. The Hall–Kier alpha value is -1.44. The number of alkyl halides is 3. The van der Waals surface area contributed by atoms with Gasteiger partial charge >= 0.3 is 6.18 Å². The first-order valence-electron chi connectivity index (χ1n) is 4.56. The molecule has 0 aliphatic rings. The summed E-state index contributed by atoms with van der Waals surface area (Å²) in [7, 11) is 0. The molecule has 1 heterocycles. The molecule has 1 aromatic carbocycles. The quantitative estimate of drug-likeness (QED) is 0.856. The van der Waals surface area contributed by atoms with Gasteiger partial charge in [0.15, 0.2) is 5.82 Å². The van der Waals surface area contributed by atoms with Crippen molar-refractivity contribution in [1.29, 1.82) is 0 Å². The van der Waals surface area contributed by atoms with E-state index >= 15 is 0 Å². The number of nitrogens with zero attached hydrogens (tertiary/aromatic N) is 4. The average molecular weight is 307 g/mol. The van der Waals surface area contributed by atoms with E-state index in [1.165, 1.54) is 0 Å². The van der Waals surface area contributed by atoms with Gasteiger partial charge < -0.3 is 0 Å². The van der Waals surface area contributed by atoms with Crippen LogP contribution < -0.4 is 0 Å². The third kappa shape index (κ3) is 3.02. The largest absolute Gasteiger partial charge is 0.396 e. The zero-order chi connectivity index (χ0) is 12.5. The number of halogens is 4. The van der Waals surface area contributed by atoms with Gasteiger partial charge in [0, 0.05) is 4.47 Å². The second-order valence-electron chi connectivity index (χ2n) is 3.28. The standard InChI is InChI=1S/C9H6BrF3N4/c10-6-1-3-7(4-2-6)17-8(14-15-16-17)5-9(11,12)13/h1-4H,5H2. The second kappa shape index (κ2) is 4.44. The number of rotatable bonds is 2. The summed E-state index contributed by atoms with van der Waals surface area (Å²) >= 11 is 3.24. The molecule has 0 atom stereocenters. The third-order valence-corrected chi connectivity index (χ3v) is 2.49. The highest BCUT2D eigenvalue weighted by Gasteiger charge is 2.31. The number of hydrogen-bond donors (Lipinski definition) is 0. The van der Waals surface area contributed by atoms with Crippen LogP contribution >= 0.6 is 15.9 Å². The molecule has 0 aliphatic heterocycles. The Morgan fingerprint density at radius 2 is 1.82 bits per heavy atom. The fraction of sp³-hybridized carbons (Fsp3) is 0.222. The zero-order valence-electron chi connectivity index (χ0n) is 8.32. The molecule has 0 spiro atoms. The fourth-order valence-electron chi connectivity index (χ4n) is 1.28. The summed E-state index contributed by atoms with van der Waals surface area (Å²) in [6.07, 6.45) is -5.49. The molecule has 0 N–H and O–H groups in total. The van der Waals surface area contributed by atoms with E-state index in [0.717, 1.165) is 9.15 Å². The van der Waals surface area contributed by atoms with Gasteiger partial charge in [-0.1, -0.05) is 15.9 Å². The lowest BCUT2D eigenvalue weighted by Gasteiger charge is -2.06. The van der Waals surface area contributed by atoms with Gasteiger partial charge in [0.25, 0.3) is 0 Å². The lowest BCUT2D eigenvalue weighted by molar-refractivity contribution is -0.128. The lowest BCUT2D eigenvalue weighted by atomic mass is 10.3. The van der Waals surface area contributed by atoms with Crippen LogP contribution in [0.3, 0.4) is 0 Å². The molecule has 0 aliphatic carbocycles. The molecular formula is C9H6BrF3N4. The van der Waals surface area contributed by atoms with Crippen molar-refractivity contribution in [3.05, 3.63) is 34.6 Å². The monoisotopic (exact) mass is 306 g/mol. The fourth-order valence-corrected chi connectivity index (χ4v) is 1.54. The van der Waals surface area contributed by atoms with Gasteiger partial charge in [0.2, 0.25) is 0 Å². The molecular weight excluding hydrogens is 301 g/mol. The molecule has 90 valence electrons. The highest BCUT2D eigenvalue weighted by atomic mass is 79.9. The molecule has 17 heavy (non-hydrogen) atoms. The van der Waals surface area contributed by atoms with Crippen molar-refractivity contribution >= 4 is 15.9 Å². The van der Waals surface area contributed by atoms with E-state index in [4.69, 9.17) is 0 Å². The van der Waals surface area contributed by atoms with Crippen LogP contribution in [0.2, 0.25) is 0 Å². The normalized spacial score (nSPS) is 11.8. The summed E-state index contributed by atoms with van der Waals surface area (Å²) in [6.45, 7) is 0. The smallest absolute Gasteiger partial charge is 0.197 e. The van der Waals surface area contributed by atoms with Crippen molar-refractivity contribution in [2.24, 2.45) is 0 Å². The van der Waals surface area contributed by atoms with Crippen LogP contribution in [0.15, 0.2) is 28.7 Å². The number of tetrazole rings is 1. The predicted molar refractivity (Wildman–Crippen MR) is 56.6 cm³/mol. The van der Waals surface area contributed by atoms with Crippen molar-refractivity contribution in [2.75, 3.05) is 0 Å². The van der Waals surface area contributed by atoms with Gasteiger partial charge in [-0.3, -0.25) is 0 Å². The van der Waals surface area contributed by atoms with Gasteiger partial charge in [-0.2, -0.15) is 17.9 Å². The second-order valence-corrected chi connectivity index (χ2v) is 4.19. The zero-order valence-corrected chi connectivity index (χ0v) is 9.90. The Labute approximate surface area is 103 Å². The number of benzene rings is 1. The highest BCUT2D eigenvalue weighted by molar-refractivity contribution is 9.10. The Kier molecular flexibility index (Phi) is 3.14. The highest BCUT2D eigenvalue weighted by Crippen LogP contribution is 2.21. The maximum atomic E-state index is 12.3. The van der Waals surface area contributed by atoms with Crippen LogP contribution in [0.4, 0.5) is 13.2 Å². The molecule has 0 amide bonds. The van der Waals surface area contributed by atoms with Gasteiger partial charge in [0.1, 0.15) is 6.42 Å². The minimum atomic E-state index is -4.33. The number of hydrogen-bond acceptors (Lipinski definition) is 3. The first kappa shape index (κ1) is 12.0. The summed E-state index contributed by atoms with van der Waals surface area (Å²) in [4.78, 5) is 0. The lowest BCUT2D eigenvalue weighted by Crippen LogP contribution is -2.16. The summed E-state index contributed by atoms with van der Waals surface area (Å²) in [5, 5.41) is 10.2. The van der Waals surface area contributed by atoms with Crippen LogP contribution in [-0.2, 0) is 6.42 Å². The van der Waals surface area contributed by atoms with Crippen molar-refractivity contribution in [3.63, 3.8) is 0 Å². The number of aromatic nitrogens is 4. The van der Waals surface area contributed by atoms with Crippen LogP contribution in [0.25, 0.3) is 5.69 Å². The van der Waals surface area contributed by atoms with Gasteiger partial charge in [-0.15, -0.1) is 5.10 Å². The van der Waals surface area contributed by atoms with E-state index in [1.807, 2.05) is 0 Å². The van der Waals surface area contributed by atoms with Crippen LogP contribution in [0.1, 0.15) is 5.82 Å². The molecule has 2 rings (SSSR count). The molecule has 0 bridgehead atoms. The summed E-state index contributed by atoms with van der Waals surface area (Å²) in [5.74, 6) is -0.236. The Bertz CT molecular complexity index is 506. The third-order valence-electron chi connectivity index (χ3n) is 1.96. The van der Waals surface area contributed by atoms with Gasteiger partial charge in [0.05, 0.1) is 5.69 Å². The van der Waals surface area contributed by atoms with E-state index in [2.05, 4.69) is 31.5 Å². The van der Waals surface area contributed by atoms with E-state index in [9.17, 15) is 13.2 Å². The van der Waals surface area contributed by atoms with E-state index in [0.29, 0.717) is 5.69 Å². The summed E-state index contributed by atoms with van der Waals surface area (Å²) in [5.41, 5.74) is 0.484. The van der Waals surface area contributed by atoms with Crippen LogP contribution in [-0.4, -0.2) is 26.4 Å². The molecule has 0 saturated carbocycles. The van der Waals surface area contributed by atoms with E-state index in [1.54, 1.807) is 24.3 Å². The minimum absolute atomic E-state index is 0.236. The van der Waals surface area contributed by atoms with Crippen LogP contribution in [0, 0.1) is 0 Å².